The second-order valence-electron chi connectivity index (χ2n) is 14.5. The van der Waals surface area contributed by atoms with Crippen LogP contribution in [0.1, 0.15) is 106 Å². The van der Waals surface area contributed by atoms with Gasteiger partial charge in [0.15, 0.2) is 0 Å². The van der Waals surface area contributed by atoms with Gasteiger partial charge in [0.2, 0.25) is 5.91 Å². The number of amides is 1. The lowest BCUT2D eigenvalue weighted by molar-refractivity contribution is -0.179. The van der Waals surface area contributed by atoms with Crippen LogP contribution in [-0.4, -0.2) is 47.1 Å². The predicted molar refractivity (Wildman–Crippen MR) is 138 cm³/mol. The highest BCUT2D eigenvalue weighted by molar-refractivity contribution is 5.72. The standard InChI is InChI=1S/C30H51NO4/c1-18-16-21(11-15-31-19(2)32)35-25-24(18)28(5)12-7-13-30-14-10-23(33)27(3,4)22(30)9-8-20(17-30)29(28,6)26(25)34/h18,20-26,33-34H,7-17H2,1-6H3,(H,31,32). The van der Waals surface area contributed by atoms with Crippen molar-refractivity contribution in [3.05, 3.63) is 0 Å². The number of hydrogen-bond acceptors (Lipinski definition) is 4. The number of aliphatic hydroxyl groups is 2. The Labute approximate surface area is 213 Å². The molecule has 0 aromatic carbocycles. The summed E-state index contributed by atoms with van der Waals surface area (Å²) in [6.45, 7) is 14.1. The van der Waals surface area contributed by atoms with Gasteiger partial charge in [0.05, 0.1) is 24.4 Å². The summed E-state index contributed by atoms with van der Waals surface area (Å²) in [5.41, 5.74) is 0.216. The van der Waals surface area contributed by atoms with Gasteiger partial charge in [0.25, 0.3) is 0 Å². The summed E-state index contributed by atoms with van der Waals surface area (Å²) >= 11 is 0. The number of ether oxygens (including phenoxy) is 1. The number of nitrogens with one attached hydrogen (secondary N) is 1. The fourth-order valence-corrected chi connectivity index (χ4v) is 10.9. The maximum absolute atomic E-state index is 12.1. The van der Waals surface area contributed by atoms with Gasteiger partial charge >= 0.3 is 0 Å². The van der Waals surface area contributed by atoms with Crippen molar-refractivity contribution in [1.82, 2.24) is 5.32 Å². The molecule has 1 heterocycles. The van der Waals surface area contributed by atoms with Crippen molar-refractivity contribution in [1.29, 1.82) is 0 Å². The van der Waals surface area contributed by atoms with Gasteiger partial charge in [-0.05, 0) is 97.7 Å². The average molecular weight is 490 g/mol. The van der Waals surface area contributed by atoms with Crippen molar-refractivity contribution in [2.24, 2.45) is 45.3 Å². The minimum Gasteiger partial charge on any atom is -0.393 e. The second-order valence-corrected chi connectivity index (χ2v) is 14.5. The molecule has 0 radical (unpaired) electrons. The van der Waals surface area contributed by atoms with Crippen LogP contribution >= 0.6 is 0 Å². The van der Waals surface area contributed by atoms with E-state index in [9.17, 15) is 15.0 Å². The van der Waals surface area contributed by atoms with E-state index < -0.39 is 6.10 Å². The van der Waals surface area contributed by atoms with Crippen LogP contribution in [0.3, 0.4) is 0 Å². The lowest BCUT2D eigenvalue weighted by Crippen LogP contribution is -2.58. The summed E-state index contributed by atoms with van der Waals surface area (Å²) in [4.78, 5) is 11.4. The zero-order valence-electron chi connectivity index (χ0n) is 23.1. The van der Waals surface area contributed by atoms with E-state index in [0.717, 1.165) is 32.1 Å². The Morgan fingerprint density at radius 2 is 1.80 bits per heavy atom. The van der Waals surface area contributed by atoms with Gasteiger partial charge in [-0.1, -0.05) is 41.0 Å². The van der Waals surface area contributed by atoms with E-state index in [-0.39, 0.29) is 40.5 Å². The molecule has 1 spiro atoms. The fraction of sp³-hybridized carbons (Fsp3) is 0.967. The van der Waals surface area contributed by atoms with Crippen LogP contribution in [-0.2, 0) is 9.53 Å². The topological polar surface area (TPSA) is 78.8 Å². The third kappa shape index (κ3) is 3.68. The van der Waals surface area contributed by atoms with Crippen molar-refractivity contribution < 1.29 is 19.7 Å². The Kier molecular flexibility index (Phi) is 6.45. The Hall–Kier alpha value is -0.650. The molecule has 5 fully saturated rings. The van der Waals surface area contributed by atoms with Gasteiger partial charge in [-0.3, -0.25) is 4.79 Å². The summed E-state index contributed by atoms with van der Waals surface area (Å²) in [7, 11) is 0. The fourth-order valence-electron chi connectivity index (χ4n) is 10.9. The van der Waals surface area contributed by atoms with Gasteiger partial charge in [0, 0.05) is 18.9 Å². The molecule has 5 aliphatic rings. The number of hydrogen-bond donors (Lipinski definition) is 3. The first-order valence-corrected chi connectivity index (χ1v) is 14.6. The van der Waals surface area contributed by atoms with Crippen LogP contribution in [0.25, 0.3) is 0 Å². The maximum Gasteiger partial charge on any atom is 0.216 e. The van der Waals surface area contributed by atoms with Crippen LogP contribution in [0.5, 0.6) is 0 Å². The van der Waals surface area contributed by atoms with Crippen LogP contribution < -0.4 is 5.32 Å². The molecule has 4 saturated carbocycles. The summed E-state index contributed by atoms with van der Waals surface area (Å²) in [6.07, 6.45) is 10.5. The quantitative estimate of drug-likeness (QED) is 0.517. The van der Waals surface area contributed by atoms with Crippen LogP contribution in [0.4, 0.5) is 0 Å². The lowest BCUT2D eigenvalue weighted by atomic mass is 9.41. The molecule has 1 saturated heterocycles. The molecule has 4 aliphatic carbocycles. The summed E-state index contributed by atoms with van der Waals surface area (Å²) in [6, 6.07) is 0. The second kappa shape index (κ2) is 8.70. The monoisotopic (exact) mass is 489 g/mol. The number of aliphatic hydroxyl groups excluding tert-OH is 2. The van der Waals surface area contributed by atoms with Crippen LogP contribution in [0, 0.1) is 45.3 Å². The average Bonchev–Trinajstić information content (AvgIpc) is 2.95. The summed E-state index contributed by atoms with van der Waals surface area (Å²) in [5, 5.41) is 25.9. The Morgan fingerprint density at radius 3 is 2.51 bits per heavy atom. The van der Waals surface area contributed by atoms with E-state index in [1.165, 1.54) is 32.1 Å². The van der Waals surface area contributed by atoms with Crippen molar-refractivity contribution in [3.8, 4) is 0 Å². The van der Waals surface area contributed by atoms with Gasteiger partial charge in [-0.15, -0.1) is 0 Å². The molecule has 200 valence electrons. The highest BCUT2D eigenvalue weighted by Gasteiger charge is 2.71. The highest BCUT2D eigenvalue weighted by Crippen LogP contribution is 2.72. The summed E-state index contributed by atoms with van der Waals surface area (Å²) < 4.78 is 6.73. The molecule has 11 unspecified atom stereocenters. The molecular formula is C30H51NO4. The lowest BCUT2D eigenvalue weighted by Gasteiger charge is -2.64. The van der Waals surface area contributed by atoms with Gasteiger partial charge in [-0.2, -0.15) is 0 Å². The number of fused-ring (bicyclic) bond motifs is 5. The van der Waals surface area contributed by atoms with E-state index in [4.69, 9.17) is 4.74 Å². The Morgan fingerprint density at radius 1 is 1.06 bits per heavy atom. The van der Waals surface area contributed by atoms with Crippen LogP contribution in [0.15, 0.2) is 0 Å². The minimum atomic E-state index is -0.442. The van der Waals surface area contributed by atoms with E-state index in [2.05, 4.69) is 39.9 Å². The zero-order chi connectivity index (χ0) is 25.4. The van der Waals surface area contributed by atoms with Gasteiger partial charge in [0.1, 0.15) is 0 Å². The number of carbonyl (C=O) groups excluding carboxylic acids is 1. The Bertz CT molecular complexity index is 829. The molecule has 5 rings (SSSR count). The maximum atomic E-state index is 12.1. The van der Waals surface area contributed by atoms with E-state index in [1.807, 2.05) is 0 Å². The van der Waals surface area contributed by atoms with Gasteiger partial charge in [-0.25, -0.2) is 0 Å². The minimum absolute atomic E-state index is 0.00844. The normalized spacial score (nSPS) is 52.9. The van der Waals surface area contributed by atoms with Crippen molar-refractivity contribution in [2.75, 3.05) is 6.54 Å². The molecule has 5 heteroatoms. The van der Waals surface area contributed by atoms with Gasteiger partial charge < -0.3 is 20.3 Å². The first-order chi connectivity index (χ1) is 16.4. The predicted octanol–water partition coefficient (Wildman–Crippen LogP) is 5.08. The van der Waals surface area contributed by atoms with Crippen molar-refractivity contribution in [2.45, 2.75) is 130 Å². The molecule has 5 nitrogen and oxygen atoms in total. The Balaban J connectivity index is 1.44. The smallest absolute Gasteiger partial charge is 0.216 e. The van der Waals surface area contributed by atoms with Crippen LogP contribution in [0.2, 0.25) is 0 Å². The largest absolute Gasteiger partial charge is 0.393 e. The highest BCUT2D eigenvalue weighted by atomic mass is 16.5. The first kappa shape index (κ1) is 26.0. The van der Waals surface area contributed by atoms with Crippen molar-refractivity contribution >= 4 is 5.91 Å². The molecule has 1 amide bonds. The SMILES string of the molecule is CC(=O)NCCC1CC(C)C2C(O1)C(O)C1(C)C3CCC4C(CCCC21C)(CCC(O)C4(C)C)C3. The molecule has 0 aromatic heterocycles. The summed E-state index contributed by atoms with van der Waals surface area (Å²) in [5.74, 6) is 1.98. The molecule has 35 heavy (non-hydrogen) atoms. The molecule has 2 bridgehead atoms. The van der Waals surface area contributed by atoms with E-state index >= 15 is 0 Å². The molecule has 1 aliphatic heterocycles. The molecule has 3 N–H and O–H groups in total. The molecule has 11 atom stereocenters. The van der Waals surface area contributed by atoms with E-state index in [1.54, 1.807) is 6.92 Å². The molecular weight excluding hydrogens is 438 g/mol. The number of rotatable bonds is 3. The molecule has 0 aromatic rings. The first-order valence-electron chi connectivity index (χ1n) is 14.6. The van der Waals surface area contributed by atoms with Crippen molar-refractivity contribution in [3.63, 3.8) is 0 Å². The zero-order valence-corrected chi connectivity index (χ0v) is 23.1. The third-order valence-corrected chi connectivity index (χ3v) is 12.8. The third-order valence-electron chi connectivity index (χ3n) is 12.8. The number of carbonyl (C=O) groups is 1. The van der Waals surface area contributed by atoms with E-state index in [0.29, 0.717) is 35.6 Å².